The fraction of sp³-hybridized carbons (Fsp3) is 1.00. The molecule has 8 heteroatoms. The number of hydrogen-bond donors (Lipinski definition) is 0. The first-order valence-corrected chi connectivity index (χ1v) is 6.05. The minimum Gasteiger partial charge on any atom is -0.784 e. The fourth-order valence-corrected chi connectivity index (χ4v) is 2.97. The number of hydroxylamine groups is 2. The molecule has 0 aromatic heterocycles. The molecule has 0 aromatic rings. The van der Waals surface area contributed by atoms with E-state index in [1.54, 1.807) is 0 Å². The number of rotatable bonds is 2. The van der Waals surface area contributed by atoms with Gasteiger partial charge in [0.25, 0.3) is 0 Å². The predicted molar refractivity (Wildman–Crippen MR) is 48.7 cm³/mol. The van der Waals surface area contributed by atoms with Gasteiger partial charge in [-0.1, -0.05) is 0 Å². The van der Waals surface area contributed by atoms with Crippen LogP contribution in [0.15, 0.2) is 0 Å². The molecule has 2 atom stereocenters. The van der Waals surface area contributed by atoms with Crippen LogP contribution in [0.1, 0.15) is 12.8 Å². The molecular weight excluding hydrogens is 212 g/mol. The van der Waals surface area contributed by atoms with E-state index >= 15 is 0 Å². The van der Waals surface area contributed by atoms with E-state index in [2.05, 4.69) is 0 Å². The molecule has 1 rings (SSSR count). The molecule has 1 saturated heterocycles. The van der Waals surface area contributed by atoms with Crippen molar-refractivity contribution in [3.8, 4) is 0 Å². The van der Waals surface area contributed by atoms with Gasteiger partial charge in [0, 0.05) is 17.6 Å². The number of sulfone groups is 1. The first-order chi connectivity index (χ1) is 6.34. The quantitative estimate of drug-likeness (QED) is 0.466. The minimum absolute atomic E-state index is 0.0437. The molecule has 2 unspecified atom stereocenters. The van der Waals surface area contributed by atoms with Gasteiger partial charge in [-0.15, -0.1) is 0 Å². The highest BCUT2D eigenvalue weighted by atomic mass is 32.2. The normalized spacial score (nSPS) is 30.1. The van der Waals surface area contributed by atoms with E-state index in [1.807, 2.05) is 0 Å². The van der Waals surface area contributed by atoms with Gasteiger partial charge in [-0.2, -0.15) is 0 Å². The van der Waals surface area contributed by atoms with Gasteiger partial charge in [0.05, 0.1) is 0 Å². The molecule has 0 saturated carbocycles. The molecule has 1 heterocycles. The Hall–Kier alpha value is -0.730. The molecule has 1 aliphatic heterocycles. The van der Waals surface area contributed by atoms with E-state index < -0.39 is 26.2 Å². The third-order valence-corrected chi connectivity index (χ3v) is 3.63. The third-order valence-electron chi connectivity index (χ3n) is 2.20. The Kier molecular flexibility index (Phi) is 3.07. The van der Waals surface area contributed by atoms with Crippen molar-refractivity contribution in [2.45, 2.75) is 24.3 Å². The molecule has 82 valence electrons. The molecule has 0 aliphatic carbocycles. The van der Waals surface area contributed by atoms with Gasteiger partial charge in [0.15, 0.2) is 15.2 Å². The summed E-state index contributed by atoms with van der Waals surface area (Å²) < 4.78 is 22.3. The molecule has 0 spiro atoms. The fourth-order valence-electron chi connectivity index (χ4n) is 1.63. The summed E-state index contributed by atoms with van der Waals surface area (Å²) in [6, 6.07) is -1.30. The standard InChI is InChI=1S/C6H11N2O5S/c1-14(12,13)6-5(8(10)11)3-2-4-7(6)9/h5-6H,2-4H2,1H3/q-1. The van der Waals surface area contributed by atoms with Crippen LogP contribution < -0.4 is 0 Å². The molecule has 1 aliphatic rings. The summed E-state index contributed by atoms with van der Waals surface area (Å²) in [4.78, 5) is 9.85. The van der Waals surface area contributed by atoms with Crippen LogP contribution in [0.25, 0.3) is 0 Å². The predicted octanol–water partition coefficient (Wildman–Crippen LogP) is -0.404. The first-order valence-electron chi connectivity index (χ1n) is 4.10. The van der Waals surface area contributed by atoms with Gasteiger partial charge < -0.3 is 10.3 Å². The van der Waals surface area contributed by atoms with Crippen molar-refractivity contribution >= 4 is 9.84 Å². The summed E-state index contributed by atoms with van der Waals surface area (Å²) in [7, 11) is -3.70. The van der Waals surface area contributed by atoms with Crippen molar-refractivity contribution in [2.75, 3.05) is 12.8 Å². The third kappa shape index (κ3) is 2.20. The summed E-state index contributed by atoms with van der Waals surface area (Å²) in [6.45, 7) is 0.0437. The number of nitrogens with zero attached hydrogens (tertiary/aromatic N) is 2. The van der Waals surface area contributed by atoms with Crippen LogP contribution in [0.5, 0.6) is 0 Å². The molecule has 14 heavy (non-hydrogen) atoms. The maximum atomic E-state index is 11.2. The SMILES string of the molecule is CS(=O)(=O)C1C([N+](=O)[O-])CCCN1[O-]. The van der Waals surface area contributed by atoms with Crippen molar-refractivity contribution < 1.29 is 13.3 Å². The lowest BCUT2D eigenvalue weighted by molar-refractivity contribution is -0.528. The topological polar surface area (TPSA) is 104 Å². The Morgan fingerprint density at radius 1 is 1.50 bits per heavy atom. The lowest BCUT2D eigenvalue weighted by Gasteiger charge is -2.40. The highest BCUT2D eigenvalue weighted by Gasteiger charge is 2.41. The van der Waals surface area contributed by atoms with Crippen molar-refractivity contribution in [3.05, 3.63) is 15.3 Å². The molecule has 0 radical (unpaired) electrons. The van der Waals surface area contributed by atoms with Crippen molar-refractivity contribution in [1.29, 1.82) is 0 Å². The van der Waals surface area contributed by atoms with Crippen LogP contribution in [0.2, 0.25) is 0 Å². The number of nitro groups is 1. The number of hydrogen-bond acceptors (Lipinski definition) is 6. The largest absolute Gasteiger partial charge is 0.784 e. The second-order valence-electron chi connectivity index (χ2n) is 3.36. The van der Waals surface area contributed by atoms with Gasteiger partial charge in [-0.05, 0) is 13.0 Å². The summed E-state index contributed by atoms with van der Waals surface area (Å²) in [5.74, 6) is 0. The zero-order valence-electron chi connectivity index (χ0n) is 7.62. The average molecular weight is 223 g/mol. The molecular formula is C6H11N2O5S-. The second kappa shape index (κ2) is 3.79. The van der Waals surface area contributed by atoms with Crippen LogP contribution in [0, 0.1) is 15.3 Å². The average Bonchev–Trinajstić information content (AvgIpc) is 2.01. The van der Waals surface area contributed by atoms with Crippen molar-refractivity contribution in [1.82, 2.24) is 5.06 Å². The smallest absolute Gasteiger partial charge is 0.241 e. The molecule has 7 nitrogen and oxygen atoms in total. The molecule has 0 aromatic carbocycles. The van der Waals surface area contributed by atoms with Crippen molar-refractivity contribution in [2.24, 2.45) is 0 Å². The Morgan fingerprint density at radius 2 is 2.07 bits per heavy atom. The van der Waals surface area contributed by atoms with Crippen LogP contribution in [-0.2, 0) is 9.84 Å². The minimum atomic E-state index is -3.70. The van der Waals surface area contributed by atoms with E-state index in [0.29, 0.717) is 11.5 Å². The Balaban J connectivity index is 2.99. The van der Waals surface area contributed by atoms with E-state index in [4.69, 9.17) is 0 Å². The van der Waals surface area contributed by atoms with E-state index in [9.17, 15) is 23.7 Å². The van der Waals surface area contributed by atoms with E-state index in [-0.39, 0.29) is 13.0 Å². The molecule has 0 bridgehead atoms. The van der Waals surface area contributed by atoms with Gasteiger partial charge in [-0.3, -0.25) is 10.1 Å². The van der Waals surface area contributed by atoms with Crippen LogP contribution in [0.4, 0.5) is 0 Å². The lowest BCUT2D eigenvalue weighted by Crippen LogP contribution is -2.52. The zero-order chi connectivity index (χ0) is 10.9. The second-order valence-corrected chi connectivity index (χ2v) is 5.50. The van der Waals surface area contributed by atoms with E-state index in [1.165, 1.54) is 0 Å². The van der Waals surface area contributed by atoms with Crippen LogP contribution in [0.3, 0.4) is 0 Å². The van der Waals surface area contributed by atoms with Gasteiger partial charge in [0.2, 0.25) is 6.04 Å². The molecule has 0 N–H and O–H groups in total. The maximum Gasteiger partial charge on any atom is 0.241 e. The zero-order valence-corrected chi connectivity index (χ0v) is 8.44. The highest BCUT2D eigenvalue weighted by molar-refractivity contribution is 7.91. The van der Waals surface area contributed by atoms with Gasteiger partial charge in [-0.25, -0.2) is 8.42 Å². The number of piperidine rings is 1. The highest BCUT2D eigenvalue weighted by Crippen LogP contribution is 2.22. The Labute approximate surface area is 81.3 Å². The summed E-state index contributed by atoms with van der Waals surface area (Å²) >= 11 is 0. The van der Waals surface area contributed by atoms with Crippen LogP contribution >= 0.6 is 0 Å². The van der Waals surface area contributed by atoms with Gasteiger partial charge >= 0.3 is 0 Å². The maximum absolute atomic E-state index is 11.2. The Bertz CT molecular complexity index is 327. The molecule has 1 fully saturated rings. The first kappa shape index (κ1) is 11.3. The summed E-state index contributed by atoms with van der Waals surface area (Å²) in [5.41, 5.74) is 0. The van der Waals surface area contributed by atoms with Crippen LogP contribution in [-0.4, -0.2) is 42.6 Å². The van der Waals surface area contributed by atoms with Crippen molar-refractivity contribution in [3.63, 3.8) is 0 Å². The molecule has 0 amide bonds. The summed E-state index contributed by atoms with van der Waals surface area (Å²) in [6.07, 6.45) is 1.36. The summed E-state index contributed by atoms with van der Waals surface area (Å²) in [5, 5.41) is 20.5. The lowest BCUT2D eigenvalue weighted by atomic mass is 10.1. The monoisotopic (exact) mass is 223 g/mol. The van der Waals surface area contributed by atoms with E-state index in [0.717, 1.165) is 6.26 Å². The van der Waals surface area contributed by atoms with Gasteiger partial charge in [0.1, 0.15) is 0 Å². The Morgan fingerprint density at radius 3 is 2.43 bits per heavy atom.